The summed E-state index contributed by atoms with van der Waals surface area (Å²) >= 11 is 6.06. The predicted octanol–water partition coefficient (Wildman–Crippen LogP) is 3.22. The molecule has 2 unspecified atom stereocenters. The second-order valence-corrected chi connectivity index (χ2v) is 8.35. The van der Waals surface area contributed by atoms with E-state index in [2.05, 4.69) is 20.3 Å². The number of carbonyl (C=O) groups excluding carboxylic acids is 2. The van der Waals surface area contributed by atoms with Gasteiger partial charge in [0.25, 0.3) is 0 Å². The van der Waals surface area contributed by atoms with Crippen LogP contribution in [-0.2, 0) is 9.47 Å². The van der Waals surface area contributed by atoms with Crippen molar-refractivity contribution in [2.75, 3.05) is 25.5 Å². The van der Waals surface area contributed by atoms with Crippen molar-refractivity contribution in [1.82, 2.24) is 19.9 Å². The fourth-order valence-corrected chi connectivity index (χ4v) is 3.38. The smallest absolute Gasteiger partial charge is 0.410 e. The summed E-state index contributed by atoms with van der Waals surface area (Å²) in [6, 6.07) is 0.899. The lowest BCUT2D eigenvalue weighted by Crippen LogP contribution is -2.51. The molecule has 0 spiro atoms. The minimum Gasteiger partial charge on any atom is -0.465 e. The molecule has 11 heteroatoms. The van der Waals surface area contributed by atoms with Crippen LogP contribution in [0.1, 0.15) is 37.6 Å². The zero-order chi connectivity index (χ0) is 22.1. The van der Waals surface area contributed by atoms with Crippen LogP contribution < -0.4 is 5.32 Å². The number of fused-ring (bicyclic) bond motifs is 1. The van der Waals surface area contributed by atoms with Crippen LogP contribution in [0.3, 0.4) is 0 Å². The average Bonchev–Trinajstić information content (AvgIpc) is 2.65. The Bertz CT molecular complexity index is 968. The number of aromatic nitrogens is 3. The first-order chi connectivity index (χ1) is 14.1. The first-order valence-electron chi connectivity index (χ1n) is 9.35. The van der Waals surface area contributed by atoms with Crippen LogP contribution in [0.2, 0.25) is 5.15 Å². The van der Waals surface area contributed by atoms with E-state index in [-0.39, 0.29) is 47.1 Å². The third-order valence-corrected chi connectivity index (χ3v) is 4.55. The van der Waals surface area contributed by atoms with E-state index < -0.39 is 29.9 Å². The second kappa shape index (κ2) is 8.55. The molecule has 0 radical (unpaired) electrons. The van der Waals surface area contributed by atoms with Crippen molar-refractivity contribution in [3.63, 3.8) is 0 Å². The Morgan fingerprint density at radius 2 is 2.00 bits per heavy atom. The van der Waals surface area contributed by atoms with Crippen molar-refractivity contribution in [2.45, 2.75) is 45.0 Å². The highest BCUT2D eigenvalue weighted by molar-refractivity contribution is 6.30. The normalized spacial score (nSPS) is 19.5. The van der Waals surface area contributed by atoms with Gasteiger partial charge in [-0.2, -0.15) is 0 Å². The Morgan fingerprint density at radius 3 is 2.67 bits per heavy atom. The van der Waals surface area contributed by atoms with Crippen molar-refractivity contribution < 1.29 is 23.5 Å². The molecular weight excluding hydrogens is 417 g/mol. The SMILES string of the molecule is COC(=O)c1cc(Cl)nc2c(NC3CC(F)CN(C(=O)OC(C)(C)C)C3)ncnc12. The van der Waals surface area contributed by atoms with Crippen LogP contribution in [0.25, 0.3) is 11.0 Å². The number of anilines is 1. The lowest BCUT2D eigenvalue weighted by molar-refractivity contribution is 0.0124. The number of rotatable bonds is 3. The van der Waals surface area contributed by atoms with Gasteiger partial charge in [0.05, 0.1) is 19.2 Å². The molecule has 2 aromatic heterocycles. The van der Waals surface area contributed by atoms with Crippen LogP contribution in [0.5, 0.6) is 0 Å². The van der Waals surface area contributed by atoms with Gasteiger partial charge in [-0.15, -0.1) is 0 Å². The maximum atomic E-state index is 14.4. The van der Waals surface area contributed by atoms with Crippen LogP contribution >= 0.6 is 11.6 Å². The van der Waals surface area contributed by atoms with Crippen molar-refractivity contribution in [3.05, 3.63) is 23.1 Å². The molecule has 1 aliphatic rings. The van der Waals surface area contributed by atoms with Crippen LogP contribution in [0, 0.1) is 0 Å². The van der Waals surface area contributed by atoms with Gasteiger partial charge in [-0.05, 0) is 26.8 Å². The molecule has 0 bridgehead atoms. The summed E-state index contributed by atoms with van der Waals surface area (Å²) in [5.74, 6) is -0.345. The number of likely N-dealkylation sites (tertiary alicyclic amines) is 1. The van der Waals surface area contributed by atoms with Gasteiger partial charge in [0.1, 0.15) is 34.3 Å². The third kappa shape index (κ3) is 5.05. The topological polar surface area (TPSA) is 107 Å². The number of carbonyl (C=O) groups is 2. The molecule has 3 rings (SSSR count). The third-order valence-electron chi connectivity index (χ3n) is 4.36. The molecule has 30 heavy (non-hydrogen) atoms. The standard InChI is InChI=1S/C19H23ClFN5O4/c1-19(2,3)30-18(28)26-7-10(21)5-11(8-26)24-16-15-14(22-9-23-16)12(17(27)29-4)6-13(20)25-15/h6,9-11H,5,7-8H2,1-4H3,(H,22,23,24). The predicted molar refractivity (Wildman–Crippen MR) is 108 cm³/mol. The molecule has 9 nitrogen and oxygen atoms in total. The van der Waals surface area contributed by atoms with Crippen LogP contribution in [0.15, 0.2) is 12.4 Å². The summed E-state index contributed by atoms with van der Waals surface area (Å²) < 4.78 is 24.5. The summed E-state index contributed by atoms with van der Waals surface area (Å²) in [5.41, 5.74) is -0.0484. The zero-order valence-electron chi connectivity index (χ0n) is 17.1. The molecule has 2 aromatic rings. The highest BCUT2D eigenvalue weighted by Gasteiger charge is 2.33. The number of nitrogens with one attached hydrogen (secondary N) is 1. The number of amides is 1. The molecule has 1 amide bonds. The lowest BCUT2D eigenvalue weighted by atomic mass is 10.0. The van der Waals surface area contributed by atoms with E-state index in [1.54, 1.807) is 20.8 Å². The molecule has 2 atom stereocenters. The van der Waals surface area contributed by atoms with Gasteiger partial charge in [-0.25, -0.2) is 28.9 Å². The summed E-state index contributed by atoms with van der Waals surface area (Å²) in [6.45, 7) is 5.41. The first-order valence-corrected chi connectivity index (χ1v) is 9.73. The summed E-state index contributed by atoms with van der Waals surface area (Å²) in [7, 11) is 1.25. The molecule has 1 saturated heterocycles. The van der Waals surface area contributed by atoms with Gasteiger partial charge in [-0.1, -0.05) is 11.6 Å². The van der Waals surface area contributed by atoms with E-state index in [1.807, 2.05) is 0 Å². The Hall–Kier alpha value is -2.75. The fourth-order valence-electron chi connectivity index (χ4n) is 3.19. The summed E-state index contributed by atoms with van der Waals surface area (Å²) in [4.78, 5) is 38.2. The number of piperidine rings is 1. The van der Waals surface area contributed by atoms with Crippen molar-refractivity contribution in [2.24, 2.45) is 0 Å². The number of esters is 1. The molecule has 3 heterocycles. The number of pyridine rings is 1. The summed E-state index contributed by atoms with van der Waals surface area (Å²) in [6.07, 6.45) is -0.402. The Morgan fingerprint density at radius 1 is 1.27 bits per heavy atom. The fraction of sp³-hybridized carbons (Fsp3) is 0.526. The zero-order valence-corrected chi connectivity index (χ0v) is 17.9. The van der Waals surface area contributed by atoms with Gasteiger partial charge in [0.2, 0.25) is 0 Å². The number of hydrogen-bond acceptors (Lipinski definition) is 8. The quantitative estimate of drug-likeness (QED) is 0.573. The largest absolute Gasteiger partial charge is 0.465 e. The maximum Gasteiger partial charge on any atom is 0.410 e. The highest BCUT2D eigenvalue weighted by Crippen LogP contribution is 2.26. The van der Waals surface area contributed by atoms with E-state index >= 15 is 0 Å². The van der Waals surface area contributed by atoms with E-state index in [0.717, 1.165) is 0 Å². The highest BCUT2D eigenvalue weighted by atomic mass is 35.5. The number of nitrogens with zero attached hydrogens (tertiary/aromatic N) is 4. The van der Waals surface area contributed by atoms with Crippen molar-refractivity contribution in [1.29, 1.82) is 0 Å². The van der Waals surface area contributed by atoms with Gasteiger partial charge in [0.15, 0.2) is 5.82 Å². The van der Waals surface area contributed by atoms with Gasteiger partial charge in [-0.3, -0.25) is 0 Å². The maximum absolute atomic E-state index is 14.4. The minimum absolute atomic E-state index is 0.0474. The monoisotopic (exact) mass is 439 g/mol. The Labute approximate surface area is 177 Å². The Balaban J connectivity index is 1.87. The van der Waals surface area contributed by atoms with Gasteiger partial charge >= 0.3 is 12.1 Å². The number of alkyl halides is 1. The van der Waals surface area contributed by atoms with E-state index in [4.69, 9.17) is 21.1 Å². The van der Waals surface area contributed by atoms with Gasteiger partial charge < -0.3 is 19.7 Å². The molecule has 0 aliphatic carbocycles. The van der Waals surface area contributed by atoms with Gasteiger partial charge in [0, 0.05) is 19.0 Å². The van der Waals surface area contributed by atoms with E-state index in [0.29, 0.717) is 0 Å². The molecular formula is C19H23ClFN5O4. The second-order valence-electron chi connectivity index (χ2n) is 7.96. The lowest BCUT2D eigenvalue weighted by Gasteiger charge is -2.36. The molecule has 162 valence electrons. The molecule has 1 N–H and O–H groups in total. The molecule has 1 fully saturated rings. The molecule has 0 saturated carbocycles. The van der Waals surface area contributed by atoms with Crippen LogP contribution in [-0.4, -0.2) is 69.9 Å². The minimum atomic E-state index is -1.24. The van der Waals surface area contributed by atoms with Crippen molar-refractivity contribution in [3.8, 4) is 0 Å². The van der Waals surface area contributed by atoms with Crippen molar-refractivity contribution >= 4 is 40.5 Å². The summed E-state index contributed by atoms with van der Waals surface area (Å²) in [5, 5.41) is 3.16. The number of methoxy groups -OCH3 is 1. The van der Waals surface area contributed by atoms with Crippen LogP contribution in [0.4, 0.5) is 15.0 Å². The van der Waals surface area contributed by atoms with E-state index in [1.165, 1.54) is 24.4 Å². The molecule has 0 aromatic carbocycles. The number of hydrogen-bond donors (Lipinski definition) is 1. The number of halogens is 2. The Kier molecular flexibility index (Phi) is 6.25. The first kappa shape index (κ1) is 21.9. The molecule has 1 aliphatic heterocycles. The number of ether oxygens (including phenoxy) is 2. The van der Waals surface area contributed by atoms with E-state index in [9.17, 15) is 14.0 Å². The average molecular weight is 440 g/mol.